The molecule has 1 aliphatic rings. The first-order valence-electron chi connectivity index (χ1n) is 5.11. The van der Waals surface area contributed by atoms with Gasteiger partial charge in [-0.3, -0.25) is 4.98 Å². The largest absolute Gasteiger partial charge is 0.261 e. The maximum absolute atomic E-state index is 13.0. The van der Waals surface area contributed by atoms with Gasteiger partial charge in [0.15, 0.2) is 0 Å². The third-order valence-electron chi connectivity index (χ3n) is 2.65. The number of pyridine rings is 1. The van der Waals surface area contributed by atoms with Crippen LogP contribution in [0.1, 0.15) is 25.3 Å². The van der Waals surface area contributed by atoms with E-state index in [0.29, 0.717) is 5.92 Å². The molecule has 1 aromatic rings. The fourth-order valence-corrected chi connectivity index (χ4v) is 2.46. The van der Waals surface area contributed by atoms with Gasteiger partial charge in [0.1, 0.15) is 5.82 Å². The minimum atomic E-state index is -0.294. The average molecular weight is 226 g/mol. The summed E-state index contributed by atoms with van der Waals surface area (Å²) in [5, 5.41) is 0.0621. The minimum Gasteiger partial charge on any atom is -0.261 e. The Labute approximate surface area is 94.0 Å². The molecule has 15 heavy (non-hydrogen) atoms. The van der Waals surface area contributed by atoms with E-state index in [1.54, 1.807) is 6.20 Å². The van der Waals surface area contributed by atoms with Gasteiger partial charge in [-0.1, -0.05) is 13.0 Å². The third-order valence-corrected chi connectivity index (χ3v) is 2.96. The highest BCUT2D eigenvalue weighted by Gasteiger charge is 2.18. The summed E-state index contributed by atoms with van der Waals surface area (Å²) in [5.74, 6) is 0.258. The van der Waals surface area contributed by atoms with Crippen LogP contribution in [0, 0.1) is 11.7 Å². The van der Waals surface area contributed by atoms with E-state index in [2.05, 4.69) is 11.9 Å². The van der Waals surface area contributed by atoms with E-state index in [-0.39, 0.29) is 11.2 Å². The van der Waals surface area contributed by atoms with Crippen molar-refractivity contribution in [1.29, 1.82) is 0 Å². The van der Waals surface area contributed by atoms with Crippen LogP contribution in [0.15, 0.2) is 24.5 Å². The van der Waals surface area contributed by atoms with Gasteiger partial charge in [-0.2, -0.15) is 0 Å². The normalized spacial score (nSPS) is 26.2. The van der Waals surface area contributed by atoms with Crippen molar-refractivity contribution in [2.45, 2.75) is 25.1 Å². The molecule has 3 heteroatoms. The van der Waals surface area contributed by atoms with Gasteiger partial charge in [-0.05, 0) is 36.0 Å². The number of hydrogen-bond donors (Lipinski definition) is 0. The van der Waals surface area contributed by atoms with Crippen molar-refractivity contribution in [3.8, 4) is 0 Å². The van der Waals surface area contributed by atoms with Crippen LogP contribution < -0.4 is 0 Å². The molecule has 0 amide bonds. The Morgan fingerprint density at radius 1 is 1.47 bits per heavy atom. The lowest BCUT2D eigenvalue weighted by Crippen LogP contribution is -2.11. The van der Waals surface area contributed by atoms with Crippen molar-refractivity contribution in [1.82, 2.24) is 4.98 Å². The molecule has 2 atom stereocenters. The molecule has 0 aliphatic heterocycles. The molecule has 2 unspecified atom stereocenters. The van der Waals surface area contributed by atoms with Crippen LogP contribution in [0.2, 0.25) is 0 Å². The Morgan fingerprint density at radius 3 is 2.93 bits per heavy atom. The average Bonchev–Trinajstić information content (AvgIpc) is 2.16. The van der Waals surface area contributed by atoms with Gasteiger partial charge in [0, 0.05) is 6.20 Å². The van der Waals surface area contributed by atoms with Crippen LogP contribution in [-0.2, 0) is 0 Å². The summed E-state index contributed by atoms with van der Waals surface area (Å²) in [7, 11) is 0. The fourth-order valence-electron chi connectivity index (χ4n) is 2.00. The van der Waals surface area contributed by atoms with Gasteiger partial charge in [-0.25, -0.2) is 4.39 Å². The molecule has 0 aromatic carbocycles. The molecule has 1 aromatic heterocycles. The van der Waals surface area contributed by atoms with E-state index in [0.717, 1.165) is 24.0 Å². The summed E-state index contributed by atoms with van der Waals surface area (Å²) in [6.45, 7) is 2.16. The summed E-state index contributed by atoms with van der Waals surface area (Å²) in [6, 6.07) is 1.51. The number of aromatic nitrogens is 1. The van der Waals surface area contributed by atoms with Gasteiger partial charge >= 0.3 is 0 Å². The monoisotopic (exact) mass is 225 g/mol. The summed E-state index contributed by atoms with van der Waals surface area (Å²) >= 11 is 6.11. The SMILES string of the molecule is CC1CC(c2cncc(F)c2)=CC(Cl)C1. The number of hydrogen-bond acceptors (Lipinski definition) is 1. The molecule has 0 fully saturated rings. The van der Waals surface area contributed by atoms with Crippen LogP contribution in [0.3, 0.4) is 0 Å². The van der Waals surface area contributed by atoms with Crippen molar-refractivity contribution >= 4 is 17.2 Å². The molecule has 0 N–H and O–H groups in total. The Balaban J connectivity index is 2.30. The maximum Gasteiger partial charge on any atom is 0.142 e. The quantitative estimate of drug-likeness (QED) is 0.665. The summed E-state index contributed by atoms with van der Waals surface area (Å²) in [4.78, 5) is 3.85. The smallest absolute Gasteiger partial charge is 0.142 e. The predicted octanol–water partition coefficient (Wildman–Crippen LogP) is 3.64. The topological polar surface area (TPSA) is 12.9 Å². The maximum atomic E-state index is 13.0. The lowest BCUT2D eigenvalue weighted by molar-refractivity contribution is 0.539. The van der Waals surface area contributed by atoms with Crippen LogP contribution in [0.5, 0.6) is 0 Å². The molecule has 2 rings (SSSR count). The van der Waals surface area contributed by atoms with E-state index < -0.39 is 0 Å². The second kappa shape index (κ2) is 4.31. The fraction of sp³-hybridized carbons (Fsp3) is 0.417. The van der Waals surface area contributed by atoms with Crippen LogP contribution in [0.4, 0.5) is 4.39 Å². The van der Waals surface area contributed by atoms with Gasteiger partial charge in [0.25, 0.3) is 0 Å². The second-order valence-electron chi connectivity index (χ2n) is 4.14. The van der Waals surface area contributed by atoms with Gasteiger partial charge in [-0.15, -0.1) is 11.6 Å². The van der Waals surface area contributed by atoms with Crippen LogP contribution in [-0.4, -0.2) is 10.4 Å². The molecule has 80 valence electrons. The Kier molecular flexibility index (Phi) is 3.06. The van der Waals surface area contributed by atoms with Gasteiger partial charge in [0.2, 0.25) is 0 Å². The molecular weight excluding hydrogens is 213 g/mol. The first kappa shape index (κ1) is 10.6. The standard InChI is InChI=1S/C12H13ClFN/c1-8-2-9(4-11(13)3-8)10-5-12(14)7-15-6-10/h4-8,11H,2-3H2,1H3. The van der Waals surface area contributed by atoms with E-state index in [1.807, 2.05) is 6.08 Å². The molecule has 1 heterocycles. The van der Waals surface area contributed by atoms with Crippen LogP contribution in [0.25, 0.3) is 5.57 Å². The molecule has 0 saturated heterocycles. The minimum absolute atomic E-state index is 0.0621. The van der Waals surface area contributed by atoms with E-state index >= 15 is 0 Å². The molecule has 1 aliphatic carbocycles. The first-order chi connectivity index (χ1) is 7.15. The molecule has 0 bridgehead atoms. The molecule has 0 saturated carbocycles. The Hall–Kier alpha value is -0.890. The number of halogens is 2. The van der Waals surface area contributed by atoms with E-state index in [4.69, 9.17) is 11.6 Å². The Bertz CT molecular complexity index is 389. The molecule has 0 radical (unpaired) electrons. The molecule has 1 nitrogen and oxygen atoms in total. The molecular formula is C12H13ClFN. The highest BCUT2D eigenvalue weighted by atomic mass is 35.5. The highest BCUT2D eigenvalue weighted by molar-refractivity contribution is 6.22. The lowest BCUT2D eigenvalue weighted by atomic mass is 9.87. The zero-order valence-corrected chi connectivity index (χ0v) is 9.34. The number of rotatable bonds is 1. The van der Waals surface area contributed by atoms with Crippen LogP contribution >= 0.6 is 11.6 Å². The van der Waals surface area contributed by atoms with Crippen molar-refractivity contribution in [2.24, 2.45) is 5.92 Å². The van der Waals surface area contributed by atoms with Crippen molar-refractivity contribution in [2.75, 3.05) is 0 Å². The number of allylic oxidation sites excluding steroid dienone is 2. The summed E-state index contributed by atoms with van der Waals surface area (Å²) < 4.78 is 13.0. The third kappa shape index (κ3) is 2.57. The Morgan fingerprint density at radius 2 is 2.27 bits per heavy atom. The lowest BCUT2D eigenvalue weighted by Gasteiger charge is -2.22. The molecule has 0 spiro atoms. The van der Waals surface area contributed by atoms with E-state index in [1.165, 1.54) is 12.3 Å². The predicted molar refractivity (Wildman–Crippen MR) is 60.2 cm³/mol. The van der Waals surface area contributed by atoms with Gasteiger partial charge < -0.3 is 0 Å². The zero-order chi connectivity index (χ0) is 10.8. The highest BCUT2D eigenvalue weighted by Crippen LogP contribution is 2.32. The zero-order valence-electron chi connectivity index (χ0n) is 8.58. The van der Waals surface area contributed by atoms with Crippen molar-refractivity contribution in [3.63, 3.8) is 0 Å². The van der Waals surface area contributed by atoms with Crippen molar-refractivity contribution in [3.05, 3.63) is 35.9 Å². The number of nitrogens with zero attached hydrogens (tertiary/aromatic N) is 1. The summed E-state index contributed by atoms with van der Waals surface area (Å²) in [5.41, 5.74) is 1.97. The first-order valence-corrected chi connectivity index (χ1v) is 5.54. The summed E-state index contributed by atoms with van der Waals surface area (Å²) in [6.07, 6.45) is 6.87. The number of alkyl halides is 1. The van der Waals surface area contributed by atoms with Gasteiger partial charge in [0.05, 0.1) is 11.6 Å². The van der Waals surface area contributed by atoms with Crippen molar-refractivity contribution < 1.29 is 4.39 Å². The second-order valence-corrected chi connectivity index (χ2v) is 4.71. The van der Waals surface area contributed by atoms with E-state index in [9.17, 15) is 4.39 Å².